The molecular weight excluding hydrogens is 269 g/mol. The lowest BCUT2D eigenvalue weighted by molar-refractivity contribution is 0.0942. The lowest BCUT2D eigenvalue weighted by Crippen LogP contribution is -2.30. The van der Waals surface area contributed by atoms with E-state index in [2.05, 4.69) is 5.32 Å². The van der Waals surface area contributed by atoms with Crippen molar-refractivity contribution in [1.82, 2.24) is 5.32 Å². The zero-order valence-electron chi connectivity index (χ0n) is 11.2. The molecule has 1 atom stereocenters. The molecule has 1 unspecified atom stereocenters. The summed E-state index contributed by atoms with van der Waals surface area (Å²) in [5.41, 5.74) is 0.0292. The predicted molar refractivity (Wildman–Crippen MR) is 74.4 cm³/mol. The average molecular weight is 288 g/mol. The molecule has 0 bridgehead atoms. The third-order valence-electron chi connectivity index (χ3n) is 3.07. The number of benzene rings is 1. The molecule has 0 aliphatic rings. The number of carbonyl (C=O) groups excluding carboxylic acids is 1. The van der Waals surface area contributed by atoms with Crippen LogP contribution in [-0.4, -0.2) is 25.4 Å². The van der Waals surface area contributed by atoms with Crippen LogP contribution < -0.4 is 10.1 Å². The van der Waals surface area contributed by atoms with Gasteiger partial charge in [-0.05, 0) is 24.5 Å². The standard InChI is InChI=1S/C14H19ClFNO2/c1-3-10(6-7-15)9-17-14(18)12-5-4-11(19-2)8-13(12)16/h4-5,8,10H,3,6-7,9H2,1-2H3,(H,17,18). The number of rotatable bonds is 7. The molecule has 5 heteroatoms. The second-order valence-corrected chi connectivity index (χ2v) is 4.69. The lowest BCUT2D eigenvalue weighted by Gasteiger charge is -2.14. The number of methoxy groups -OCH3 is 1. The summed E-state index contributed by atoms with van der Waals surface area (Å²) in [4.78, 5) is 11.9. The van der Waals surface area contributed by atoms with Crippen molar-refractivity contribution in [2.75, 3.05) is 19.5 Å². The summed E-state index contributed by atoms with van der Waals surface area (Å²) in [6.45, 7) is 2.55. The number of halogens is 2. The van der Waals surface area contributed by atoms with E-state index < -0.39 is 11.7 Å². The maximum absolute atomic E-state index is 13.7. The molecule has 1 amide bonds. The van der Waals surface area contributed by atoms with Gasteiger partial charge in [0.2, 0.25) is 0 Å². The Kier molecular flexibility index (Phi) is 6.64. The SMILES string of the molecule is CCC(CCCl)CNC(=O)c1ccc(OC)cc1F. The maximum Gasteiger partial charge on any atom is 0.254 e. The molecule has 0 aliphatic heterocycles. The molecule has 1 aromatic carbocycles. The molecule has 0 aliphatic carbocycles. The Morgan fingerprint density at radius 1 is 1.53 bits per heavy atom. The zero-order valence-corrected chi connectivity index (χ0v) is 12.0. The largest absolute Gasteiger partial charge is 0.497 e. The molecule has 106 valence electrons. The van der Waals surface area contributed by atoms with Crippen molar-refractivity contribution in [3.8, 4) is 5.75 Å². The van der Waals surface area contributed by atoms with Crippen LogP contribution in [0.25, 0.3) is 0 Å². The van der Waals surface area contributed by atoms with Crippen LogP contribution >= 0.6 is 11.6 Å². The van der Waals surface area contributed by atoms with E-state index in [0.29, 0.717) is 24.1 Å². The fraction of sp³-hybridized carbons (Fsp3) is 0.500. The van der Waals surface area contributed by atoms with Gasteiger partial charge in [-0.25, -0.2) is 4.39 Å². The van der Waals surface area contributed by atoms with Crippen molar-refractivity contribution in [3.63, 3.8) is 0 Å². The van der Waals surface area contributed by atoms with Gasteiger partial charge in [-0.1, -0.05) is 13.3 Å². The lowest BCUT2D eigenvalue weighted by atomic mass is 10.0. The molecule has 0 saturated heterocycles. The highest BCUT2D eigenvalue weighted by Gasteiger charge is 2.14. The third-order valence-corrected chi connectivity index (χ3v) is 3.29. The van der Waals surface area contributed by atoms with Crippen molar-refractivity contribution < 1.29 is 13.9 Å². The van der Waals surface area contributed by atoms with Crippen LogP contribution in [0.2, 0.25) is 0 Å². The molecule has 0 heterocycles. The first-order valence-corrected chi connectivity index (χ1v) is 6.83. The van der Waals surface area contributed by atoms with Crippen molar-refractivity contribution in [1.29, 1.82) is 0 Å². The summed E-state index contributed by atoms with van der Waals surface area (Å²) in [5.74, 6) is 0.284. The van der Waals surface area contributed by atoms with Gasteiger partial charge in [-0.3, -0.25) is 4.79 Å². The molecule has 0 saturated carbocycles. The van der Waals surface area contributed by atoms with E-state index in [1.807, 2.05) is 6.92 Å². The van der Waals surface area contributed by atoms with E-state index in [4.69, 9.17) is 16.3 Å². The van der Waals surface area contributed by atoms with Crippen LogP contribution in [0.15, 0.2) is 18.2 Å². The van der Waals surface area contributed by atoms with E-state index in [1.165, 1.54) is 19.2 Å². The third kappa shape index (κ3) is 4.71. The van der Waals surface area contributed by atoms with Gasteiger partial charge in [-0.2, -0.15) is 0 Å². The first-order valence-electron chi connectivity index (χ1n) is 6.30. The number of ether oxygens (including phenoxy) is 1. The summed E-state index contributed by atoms with van der Waals surface area (Å²) >= 11 is 5.68. The quantitative estimate of drug-likeness (QED) is 0.782. The Morgan fingerprint density at radius 2 is 2.26 bits per heavy atom. The maximum atomic E-state index is 13.7. The summed E-state index contributed by atoms with van der Waals surface area (Å²) in [7, 11) is 1.45. The second-order valence-electron chi connectivity index (χ2n) is 4.31. The highest BCUT2D eigenvalue weighted by molar-refractivity contribution is 6.17. The van der Waals surface area contributed by atoms with Crippen LogP contribution in [0.4, 0.5) is 4.39 Å². The smallest absolute Gasteiger partial charge is 0.254 e. The first-order chi connectivity index (χ1) is 9.12. The van der Waals surface area contributed by atoms with Gasteiger partial charge < -0.3 is 10.1 Å². The van der Waals surface area contributed by atoms with Crippen molar-refractivity contribution >= 4 is 17.5 Å². The Balaban J connectivity index is 2.63. The molecule has 0 radical (unpaired) electrons. The van der Waals surface area contributed by atoms with E-state index >= 15 is 0 Å². The van der Waals surface area contributed by atoms with Crippen LogP contribution in [0.5, 0.6) is 5.75 Å². The molecule has 1 aromatic rings. The van der Waals surface area contributed by atoms with E-state index in [0.717, 1.165) is 12.8 Å². The summed E-state index contributed by atoms with van der Waals surface area (Å²) in [5, 5.41) is 2.73. The Hall–Kier alpha value is -1.29. The molecule has 0 fully saturated rings. The zero-order chi connectivity index (χ0) is 14.3. The van der Waals surface area contributed by atoms with Gasteiger partial charge in [0.15, 0.2) is 0 Å². The minimum absolute atomic E-state index is 0.0292. The van der Waals surface area contributed by atoms with Crippen molar-refractivity contribution in [2.24, 2.45) is 5.92 Å². The summed E-state index contributed by atoms with van der Waals surface area (Å²) < 4.78 is 18.6. The molecule has 1 N–H and O–H groups in total. The Labute approximate surface area is 118 Å². The highest BCUT2D eigenvalue weighted by atomic mass is 35.5. The summed E-state index contributed by atoms with van der Waals surface area (Å²) in [6.07, 6.45) is 1.77. The van der Waals surface area contributed by atoms with Crippen molar-refractivity contribution in [3.05, 3.63) is 29.6 Å². The molecule has 3 nitrogen and oxygen atoms in total. The number of alkyl halides is 1. The van der Waals surface area contributed by atoms with E-state index in [-0.39, 0.29) is 5.56 Å². The van der Waals surface area contributed by atoms with Crippen LogP contribution in [-0.2, 0) is 0 Å². The molecule has 19 heavy (non-hydrogen) atoms. The Bertz CT molecular complexity index is 426. The first kappa shape index (κ1) is 15.8. The van der Waals surface area contributed by atoms with Crippen LogP contribution in [0, 0.1) is 11.7 Å². The fourth-order valence-corrected chi connectivity index (χ4v) is 2.05. The molecular formula is C14H19ClFNO2. The van der Waals surface area contributed by atoms with Gasteiger partial charge in [0, 0.05) is 18.5 Å². The molecule has 0 spiro atoms. The van der Waals surface area contributed by atoms with Gasteiger partial charge in [0.1, 0.15) is 11.6 Å². The average Bonchev–Trinajstić information content (AvgIpc) is 2.42. The van der Waals surface area contributed by atoms with Gasteiger partial charge in [-0.15, -0.1) is 11.6 Å². The Morgan fingerprint density at radius 3 is 2.79 bits per heavy atom. The number of amides is 1. The summed E-state index contributed by atoms with van der Waals surface area (Å²) in [6, 6.07) is 4.19. The van der Waals surface area contributed by atoms with E-state index in [1.54, 1.807) is 6.07 Å². The number of hydrogen-bond donors (Lipinski definition) is 1. The molecule has 1 rings (SSSR count). The monoisotopic (exact) mass is 287 g/mol. The highest BCUT2D eigenvalue weighted by Crippen LogP contribution is 2.16. The number of nitrogens with one attached hydrogen (secondary N) is 1. The van der Waals surface area contributed by atoms with Gasteiger partial charge in [0.25, 0.3) is 5.91 Å². The van der Waals surface area contributed by atoms with Crippen molar-refractivity contribution in [2.45, 2.75) is 19.8 Å². The minimum Gasteiger partial charge on any atom is -0.497 e. The fourth-order valence-electron chi connectivity index (χ4n) is 1.74. The normalized spacial score (nSPS) is 12.0. The number of hydrogen-bond acceptors (Lipinski definition) is 2. The predicted octanol–water partition coefficient (Wildman–Crippen LogP) is 3.22. The number of carbonyl (C=O) groups is 1. The van der Waals surface area contributed by atoms with Crippen LogP contribution in [0.1, 0.15) is 30.1 Å². The van der Waals surface area contributed by atoms with Gasteiger partial charge in [0.05, 0.1) is 12.7 Å². The molecule has 0 aromatic heterocycles. The topological polar surface area (TPSA) is 38.3 Å². The van der Waals surface area contributed by atoms with E-state index in [9.17, 15) is 9.18 Å². The second kappa shape index (κ2) is 8.00. The van der Waals surface area contributed by atoms with Gasteiger partial charge >= 0.3 is 0 Å². The van der Waals surface area contributed by atoms with Crippen LogP contribution in [0.3, 0.4) is 0 Å². The minimum atomic E-state index is -0.581.